The first kappa shape index (κ1) is 24.5. The summed E-state index contributed by atoms with van der Waals surface area (Å²) in [7, 11) is 1.59. The first-order valence-corrected chi connectivity index (χ1v) is 11.1. The molecule has 1 heterocycles. The number of aromatic nitrogens is 2. The lowest BCUT2D eigenvalue weighted by Crippen LogP contribution is -2.38. The van der Waals surface area contributed by atoms with E-state index in [9.17, 15) is 9.59 Å². The van der Waals surface area contributed by atoms with Gasteiger partial charge in [-0.1, -0.05) is 35.3 Å². The minimum absolute atomic E-state index is 0.101. The van der Waals surface area contributed by atoms with E-state index in [4.69, 9.17) is 32.5 Å². The number of amides is 2. The summed E-state index contributed by atoms with van der Waals surface area (Å²) in [5.74, 6) is 0.962. The Labute approximate surface area is 201 Å². The van der Waals surface area contributed by atoms with Crippen LogP contribution in [0.4, 0.5) is 5.69 Å². The Morgan fingerprint density at radius 1 is 1.15 bits per heavy atom. The molecule has 1 aromatic heterocycles. The number of nitrogens with zero attached hydrogens (tertiary/aromatic N) is 3. The topological polar surface area (TPSA) is 97.6 Å². The number of nitrogens with one attached hydrogen (secondary N) is 1. The van der Waals surface area contributed by atoms with Gasteiger partial charge in [0.15, 0.2) is 0 Å². The number of hydrogen-bond acceptors (Lipinski definition) is 6. The minimum Gasteiger partial charge on any atom is -0.497 e. The maximum atomic E-state index is 12.8. The van der Waals surface area contributed by atoms with E-state index in [1.54, 1.807) is 37.4 Å². The van der Waals surface area contributed by atoms with Gasteiger partial charge in [-0.2, -0.15) is 4.98 Å². The van der Waals surface area contributed by atoms with Crippen molar-refractivity contribution in [1.29, 1.82) is 0 Å². The van der Waals surface area contributed by atoms with Gasteiger partial charge in [-0.15, -0.1) is 0 Å². The normalized spacial score (nSPS) is 10.7. The zero-order chi connectivity index (χ0) is 23.8. The fraction of sp³-hybridized carbons (Fsp3) is 0.304. The molecule has 2 amide bonds. The second kappa shape index (κ2) is 11.7. The highest BCUT2D eigenvalue weighted by molar-refractivity contribution is 6.35. The lowest BCUT2D eigenvalue weighted by molar-refractivity contribution is -0.134. The molecule has 0 spiro atoms. The predicted octanol–water partition coefficient (Wildman–Crippen LogP) is 4.86. The van der Waals surface area contributed by atoms with Gasteiger partial charge in [-0.3, -0.25) is 9.59 Å². The van der Waals surface area contributed by atoms with E-state index < -0.39 is 0 Å². The quantitative estimate of drug-likeness (QED) is 0.435. The maximum Gasteiger partial charge on any atom is 0.244 e. The molecule has 0 aliphatic heterocycles. The third-order valence-corrected chi connectivity index (χ3v) is 5.32. The van der Waals surface area contributed by atoms with E-state index >= 15 is 0 Å². The van der Waals surface area contributed by atoms with Crippen LogP contribution in [0.3, 0.4) is 0 Å². The summed E-state index contributed by atoms with van der Waals surface area (Å²) >= 11 is 12.1. The van der Waals surface area contributed by atoms with Crippen LogP contribution >= 0.6 is 23.2 Å². The number of anilines is 1. The third-order valence-electron chi connectivity index (χ3n) is 4.75. The smallest absolute Gasteiger partial charge is 0.244 e. The van der Waals surface area contributed by atoms with Crippen molar-refractivity contribution in [3.63, 3.8) is 0 Å². The first-order valence-electron chi connectivity index (χ1n) is 10.4. The van der Waals surface area contributed by atoms with Gasteiger partial charge in [0.05, 0.1) is 24.4 Å². The second-order valence-corrected chi connectivity index (χ2v) is 8.07. The van der Waals surface area contributed by atoms with Crippen LogP contribution in [-0.4, -0.2) is 47.1 Å². The summed E-state index contributed by atoms with van der Waals surface area (Å²) in [5.41, 5.74) is 1.18. The molecule has 0 atom stereocenters. The van der Waals surface area contributed by atoms with Crippen molar-refractivity contribution in [2.24, 2.45) is 0 Å². The van der Waals surface area contributed by atoms with Gasteiger partial charge in [0.1, 0.15) is 5.75 Å². The third kappa shape index (κ3) is 6.94. The van der Waals surface area contributed by atoms with E-state index in [0.29, 0.717) is 40.4 Å². The zero-order valence-electron chi connectivity index (χ0n) is 18.3. The molecule has 1 N–H and O–H groups in total. The highest BCUT2D eigenvalue weighted by Crippen LogP contribution is 2.25. The van der Waals surface area contributed by atoms with Gasteiger partial charge in [-0.05, 0) is 48.9 Å². The molecule has 0 aliphatic carbocycles. The summed E-state index contributed by atoms with van der Waals surface area (Å²) in [6.07, 6.45) is 1.11. The summed E-state index contributed by atoms with van der Waals surface area (Å²) in [6.45, 7) is 2.28. The molecule has 10 heteroatoms. The Morgan fingerprint density at radius 3 is 2.61 bits per heavy atom. The molecule has 0 saturated carbocycles. The van der Waals surface area contributed by atoms with E-state index in [2.05, 4.69) is 15.5 Å². The summed E-state index contributed by atoms with van der Waals surface area (Å²) in [4.78, 5) is 31.1. The van der Waals surface area contributed by atoms with Crippen LogP contribution in [-0.2, 0) is 16.0 Å². The Morgan fingerprint density at radius 2 is 1.91 bits per heavy atom. The molecule has 0 unspecified atom stereocenters. The van der Waals surface area contributed by atoms with Gasteiger partial charge < -0.3 is 19.5 Å². The number of carbonyl (C=O) groups is 2. The van der Waals surface area contributed by atoms with Crippen LogP contribution in [0.2, 0.25) is 10.0 Å². The summed E-state index contributed by atoms with van der Waals surface area (Å²) in [5, 5.41) is 7.49. The highest BCUT2D eigenvalue weighted by atomic mass is 35.5. The number of aryl methyl sites for hydroxylation is 1. The number of benzene rings is 2. The van der Waals surface area contributed by atoms with Crippen LogP contribution < -0.4 is 10.1 Å². The Bertz CT molecular complexity index is 1100. The van der Waals surface area contributed by atoms with E-state index in [1.165, 1.54) is 4.90 Å². The van der Waals surface area contributed by atoms with E-state index in [-0.39, 0.29) is 31.2 Å². The highest BCUT2D eigenvalue weighted by Gasteiger charge is 2.19. The van der Waals surface area contributed by atoms with E-state index in [0.717, 1.165) is 11.3 Å². The molecule has 0 saturated heterocycles. The van der Waals surface area contributed by atoms with Gasteiger partial charge in [0.25, 0.3) is 0 Å². The number of rotatable bonds is 10. The lowest BCUT2D eigenvalue weighted by atomic mass is 10.2. The average Bonchev–Trinajstić information content (AvgIpc) is 3.28. The molecular formula is C23H24Cl2N4O4. The molecular weight excluding hydrogens is 467 g/mol. The largest absolute Gasteiger partial charge is 0.497 e. The van der Waals surface area contributed by atoms with Crippen LogP contribution in [0.1, 0.15) is 25.7 Å². The number of carbonyl (C=O) groups excluding carboxylic acids is 2. The van der Waals surface area contributed by atoms with Crippen LogP contribution in [0, 0.1) is 0 Å². The predicted molar refractivity (Wildman–Crippen MR) is 127 cm³/mol. The van der Waals surface area contributed by atoms with Crippen molar-refractivity contribution in [3.8, 4) is 17.1 Å². The maximum absolute atomic E-state index is 12.8. The Hall–Kier alpha value is -3.10. The molecule has 174 valence electrons. The number of methoxy groups -OCH3 is 1. The van der Waals surface area contributed by atoms with Gasteiger partial charge in [0.2, 0.25) is 23.5 Å². The lowest BCUT2D eigenvalue weighted by Gasteiger charge is -2.21. The van der Waals surface area contributed by atoms with Crippen molar-refractivity contribution < 1.29 is 18.8 Å². The van der Waals surface area contributed by atoms with Crippen molar-refractivity contribution in [1.82, 2.24) is 15.0 Å². The molecule has 3 aromatic rings. The van der Waals surface area contributed by atoms with E-state index in [1.807, 2.05) is 19.1 Å². The van der Waals surface area contributed by atoms with Gasteiger partial charge in [-0.25, -0.2) is 0 Å². The Balaban J connectivity index is 1.57. The van der Waals surface area contributed by atoms with Crippen LogP contribution in [0.5, 0.6) is 5.75 Å². The standard InChI is InChI=1S/C23H24Cl2N4O4/c1-3-12-29(14-20(30)26-19-13-16(24)6-9-18(19)25)22(31)11-10-21-27-23(28-33-21)15-4-7-17(32-2)8-5-15/h4-9,13H,3,10-12,14H2,1-2H3,(H,26,30). The average molecular weight is 491 g/mol. The molecule has 0 fully saturated rings. The van der Waals surface area contributed by atoms with Crippen molar-refractivity contribution in [2.75, 3.05) is 25.5 Å². The number of halogens is 2. The van der Waals surface area contributed by atoms with Crippen LogP contribution in [0.15, 0.2) is 47.0 Å². The molecule has 0 aliphatic rings. The van der Waals surface area contributed by atoms with Gasteiger partial charge in [0, 0.05) is 30.0 Å². The number of hydrogen-bond donors (Lipinski definition) is 1. The van der Waals surface area contributed by atoms with Crippen molar-refractivity contribution >= 4 is 40.7 Å². The SMILES string of the molecule is CCCN(CC(=O)Nc1cc(Cl)ccc1Cl)C(=O)CCc1nc(-c2ccc(OC)cc2)no1. The Kier molecular flexibility index (Phi) is 8.68. The van der Waals surface area contributed by atoms with Crippen LogP contribution in [0.25, 0.3) is 11.4 Å². The van der Waals surface area contributed by atoms with Gasteiger partial charge >= 0.3 is 0 Å². The summed E-state index contributed by atoms with van der Waals surface area (Å²) < 4.78 is 10.4. The van der Waals surface area contributed by atoms with Crippen molar-refractivity contribution in [3.05, 3.63) is 58.4 Å². The molecule has 0 radical (unpaired) electrons. The first-order chi connectivity index (χ1) is 15.9. The fourth-order valence-electron chi connectivity index (χ4n) is 3.10. The van der Waals surface area contributed by atoms with Crippen molar-refractivity contribution in [2.45, 2.75) is 26.2 Å². The fourth-order valence-corrected chi connectivity index (χ4v) is 3.44. The minimum atomic E-state index is -0.361. The zero-order valence-corrected chi connectivity index (χ0v) is 19.8. The second-order valence-electron chi connectivity index (χ2n) is 7.23. The molecule has 8 nitrogen and oxygen atoms in total. The number of ether oxygens (including phenoxy) is 1. The molecule has 3 rings (SSSR count). The summed E-state index contributed by atoms with van der Waals surface area (Å²) in [6, 6.07) is 12.0. The molecule has 33 heavy (non-hydrogen) atoms. The molecule has 2 aromatic carbocycles. The molecule has 0 bridgehead atoms. The monoisotopic (exact) mass is 490 g/mol.